The molecule has 2 heterocycles. The molecular formula is C9H10N4OS. The zero-order valence-electron chi connectivity index (χ0n) is 8.17. The quantitative estimate of drug-likeness (QED) is 0.795. The smallest absolute Gasteiger partial charge is 0.226 e. The van der Waals surface area contributed by atoms with E-state index < -0.39 is 0 Å². The van der Waals surface area contributed by atoms with E-state index >= 15 is 0 Å². The van der Waals surface area contributed by atoms with Crippen molar-refractivity contribution in [1.29, 1.82) is 0 Å². The fraction of sp³-hybridized carbons (Fsp3) is 0.222. The molecule has 0 atom stereocenters. The molecule has 0 unspecified atom stereocenters. The Labute approximate surface area is 91.1 Å². The summed E-state index contributed by atoms with van der Waals surface area (Å²) in [5.41, 5.74) is 6.41. The molecule has 2 N–H and O–H groups in total. The first-order chi connectivity index (χ1) is 7.25. The molecule has 0 bridgehead atoms. The van der Waals surface area contributed by atoms with Crippen LogP contribution in [0.25, 0.3) is 0 Å². The lowest BCUT2D eigenvalue weighted by atomic mass is 10.4. The van der Waals surface area contributed by atoms with Crippen molar-refractivity contribution >= 4 is 17.4 Å². The number of nitrogens with zero attached hydrogens (tertiary/aromatic N) is 3. The lowest BCUT2D eigenvalue weighted by molar-refractivity contribution is 0.485. The predicted molar refractivity (Wildman–Crippen MR) is 57.2 cm³/mol. The molecule has 78 valence electrons. The van der Waals surface area contributed by atoms with E-state index in [1.807, 2.05) is 6.07 Å². The highest BCUT2D eigenvalue weighted by Crippen LogP contribution is 2.24. The maximum Gasteiger partial charge on any atom is 0.226 e. The van der Waals surface area contributed by atoms with Crippen LogP contribution in [0.1, 0.15) is 11.8 Å². The SMILES string of the molecule is Cc1nnc(CSc2ncccc2N)o1. The number of nitrogens with two attached hydrogens (primary N) is 1. The number of rotatable bonds is 3. The van der Waals surface area contributed by atoms with Gasteiger partial charge in [-0.05, 0) is 12.1 Å². The van der Waals surface area contributed by atoms with E-state index in [-0.39, 0.29) is 0 Å². The van der Waals surface area contributed by atoms with Gasteiger partial charge in [0.05, 0.1) is 11.4 Å². The molecule has 2 aromatic rings. The second kappa shape index (κ2) is 4.31. The molecule has 0 radical (unpaired) electrons. The van der Waals surface area contributed by atoms with Crippen molar-refractivity contribution in [2.45, 2.75) is 17.7 Å². The van der Waals surface area contributed by atoms with Gasteiger partial charge in [0.1, 0.15) is 5.03 Å². The van der Waals surface area contributed by atoms with Gasteiger partial charge in [-0.1, -0.05) is 11.8 Å². The molecule has 0 spiro atoms. The first kappa shape index (κ1) is 9.97. The van der Waals surface area contributed by atoms with Crippen LogP contribution in [-0.4, -0.2) is 15.2 Å². The summed E-state index contributed by atoms with van der Waals surface area (Å²) < 4.78 is 5.23. The maximum atomic E-state index is 5.74. The average molecular weight is 222 g/mol. The summed E-state index contributed by atoms with van der Waals surface area (Å²) in [6.45, 7) is 1.76. The third-order valence-corrected chi connectivity index (χ3v) is 2.71. The molecule has 6 heteroatoms. The second-order valence-corrected chi connectivity index (χ2v) is 3.87. The molecular weight excluding hydrogens is 212 g/mol. The normalized spacial score (nSPS) is 10.5. The van der Waals surface area contributed by atoms with Crippen LogP contribution in [-0.2, 0) is 5.75 Å². The Morgan fingerprint density at radius 2 is 2.33 bits per heavy atom. The first-order valence-electron chi connectivity index (χ1n) is 4.38. The summed E-state index contributed by atoms with van der Waals surface area (Å²) in [5, 5.41) is 8.41. The lowest BCUT2D eigenvalue weighted by Crippen LogP contribution is -1.91. The zero-order chi connectivity index (χ0) is 10.7. The van der Waals surface area contributed by atoms with Crippen molar-refractivity contribution in [1.82, 2.24) is 15.2 Å². The molecule has 0 aliphatic heterocycles. The molecule has 5 nitrogen and oxygen atoms in total. The van der Waals surface area contributed by atoms with Crippen molar-refractivity contribution < 1.29 is 4.42 Å². The minimum atomic E-state index is 0.569. The summed E-state index contributed by atoms with van der Waals surface area (Å²) in [4.78, 5) is 4.15. The minimum Gasteiger partial charge on any atom is -0.425 e. The summed E-state index contributed by atoms with van der Waals surface area (Å²) >= 11 is 1.48. The number of hydrogen-bond donors (Lipinski definition) is 1. The topological polar surface area (TPSA) is 77.8 Å². The summed E-state index contributed by atoms with van der Waals surface area (Å²) in [7, 11) is 0. The van der Waals surface area contributed by atoms with Gasteiger partial charge < -0.3 is 10.2 Å². The number of hydrogen-bond acceptors (Lipinski definition) is 6. The van der Waals surface area contributed by atoms with Gasteiger partial charge in [0.25, 0.3) is 0 Å². The standard InChI is InChI=1S/C9H10N4OS/c1-6-12-13-8(14-6)5-15-9-7(10)3-2-4-11-9/h2-4H,5,10H2,1H3. The molecule has 0 saturated heterocycles. The Hall–Kier alpha value is -1.56. The van der Waals surface area contributed by atoms with E-state index in [4.69, 9.17) is 10.2 Å². The summed E-state index contributed by atoms with van der Waals surface area (Å²) in [6, 6.07) is 3.62. The van der Waals surface area contributed by atoms with E-state index in [2.05, 4.69) is 15.2 Å². The number of nitrogen functional groups attached to an aromatic ring is 1. The number of thioether (sulfide) groups is 1. The summed E-state index contributed by atoms with van der Waals surface area (Å²) in [5.74, 6) is 1.74. The maximum absolute atomic E-state index is 5.74. The van der Waals surface area contributed by atoms with Crippen molar-refractivity contribution in [2.75, 3.05) is 5.73 Å². The minimum absolute atomic E-state index is 0.569. The first-order valence-corrected chi connectivity index (χ1v) is 5.36. The van der Waals surface area contributed by atoms with Gasteiger partial charge in [0.2, 0.25) is 11.8 Å². The fourth-order valence-electron chi connectivity index (χ4n) is 1.05. The van der Waals surface area contributed by atoms with Crippen LogP contribution in [0.2, 0.25) is 0 Å². The van der Waals surface area contributed by atoms with Crippen LogP contribution in [0.3, 0.4) is 0 Å². The monoisotopic (exact) mass is 222 g/mol. The molecule has 0 amide bonds. The molecule has 0 fully saturated rings. The van der Waals surface area contributed by atoms with Crippen LogP contribution in [0.5, 0.6) is 0 Å². The number of aromatic nitrogens is 3. The summed E-state index contributed by atoms with van der Waals surface area (Å²) in [6.07, 6.45) is 1.71. The average Bonchev–Trinajstić information content (AvgIpc) is 2.63. The zero-order valence-corrected chi connectivity index (χ0v) is 8.99. The van der Waals surface area contributed by atoms with Crippen LogP contribution in [0, 0.1) is 6.92 Å². The van der Waals surface area contributed by atoms with Crippen molar-refractivity contribution in [2.24, 2.45) is 0 Å². The van der Waals surface area contributed by atoms with Gasteiger partial charge in [-0.25, -0.2) is 4.98 Å². The van der Waals surface area contributed by atoms with E-state index in [1.54, 1.807) is 19.2 Å². The molecule has 2 rings (SSSR count). The van der Waals surface area contributed by atoms with Crippen LogP contribution in [0.15, 0.2) is 27.8 Å². The van der Waals surface area contributed by atoms with E-state index in [0.717, 1.165) is 5.03 Å². The van der Waals surface area contributed by atoms with Gasteiger partial charge >= 0.3 is 0 Å². The predicted octanol–water partition coefficient (Wildman–Crippen LogP) is 1.65. The Balaban J connectivity index is 2.02. The van der Waals surface area contributed by atoms with Crippen LogP contribution < -0.4 is 5.73 Å². The number of pyridine rings is 1. The van der Waals surface area contributed by atoms with E-state index in [9.17, 15) is 0 Å². The highest BCUT2D eigenvalue weighted by atomic mass is 32.2. The Morgan fingerprint density at radius 3 is 3.00 bits per heavy atom. The van der Waals surface area contributed by atoms with Gasteiger partial charge in [-0.3, -0.25) is 0 Å². The molecule has 0 aliphatic rings. The molecule has 2 aromatic heterocycles. The largest absolute Gasteiger partial charge is 0.425 e. The molecule has 0 aliphatic carbocycles. The molecule has 0 saturated carbocycles. The number of anilines is 1. The van der Waals surface area contributed by atoms with Gasteiger partial charge in [0.15, 0.2) is 0 Å². The second-order valence-electron chi connectivity index (χ2n) is 2.90. The molecule has 15 heavy (non-hydrogen) atoms. The Bertz CT molecular complexity index is 457. The van der Waals surface area contributed by atoms with E-state index in [0.29, 0.717) is 23.2 Å². The van der Waals surface area contributed by atoms with Crippen molar-refractivity contribution in [3.05, 3.63) is 30.1 Å². The highest BCUT2D eigenvalue weighted by molar-refractivity contribution is 7.98. The molecule has 0 aromatic carbocycles. The van der Waals surface area contributed by atoms with Gasteiger partial charge in [-0.2, -0.15) is 0 Å². The third kappa shape index (κ3) is 2.47. The van der Waals surface area contributed by atoms with Gasteiger partial charge in [-0.15, -0.1) is 10.2 Å². The van der Waals surface area contributed by atoms with Crippen LogP contribution in [0.4, 0.5) is 5.69 Å². The third-order valence-electron chi connectivity index (χ3n) is 1.70. The van der Waals surface area contributed by atoms with Crippen LogP contribution >= 0.6 is 11.8 Å². The Kier molecular flexibility index (Phi) is 2.86. The number of aryl methyl sites for hydroxylation is 1. The van der Waals surface area contributed by atoms with Crippen molar-refractivity contribution in [3.63, 3.8) is 0 Å². The van der Waals surface area contributed by atoms with E-state index in [1.165, 1.54) is 11.8 Å². The highest BCUT2D eigenvalue weighted by Gasteiger charge is 2.05. The van der Waals surface area contributed by atoms with Gasteiger partial charge in [0, 0.05) is 13.1 Å². The van der Waals surface area contributed by atoms with Crippen molar-refractivity contribution in [3.8, 4) is 0 Å². The fourth-order valence-corrected chi connectivity index (χ4v) is 1.80. The Morgan fingerprint density at radius 1 is 1.47 bits per heavy atom. The lowest BCUT2D eigenvalue weighted by Gasteiger charge is -2.00.